The Morgan fingerprint density at radius 1 is 1.20 bits per heavy atom. The van der Waals surface area contributed by atoms with E-state index < -0.39 is 0 Å². The molecule has 0 saturated carbocycles. The lowest BCUT2D eigenvalue weighted by Crippen LogP contribution is -2.25. The summed E-state index contributed by atoms with van der Waals surface area (Å²) < 4.78 is 0. The number of rotatable bonds is 5. The minimum atomic E-state index is 0.121. The van der Waals surface area contributed by atoms with Gasteiger partial charge in [-0.3, -0.25) is 0 Å². The summed E-state index contributed by atoms with van der Waals surface area (Å²) in [5.74, 6) is 0. The molecule has 84 valence electrons. The molecule has 0 aromatic heterocycles. The molecule has 0 radical (unpaired) electrons. The minimum Gasteiger partial charge on any atom is -0.323 e. The monoisotopic (exact) mass is 206 g/mol. The number of nitrogens with two attached hydrogens (primary N) is 1. The quantitative estimate of drug-likeness (QED) is 0.800. The van der Waals surface area contributed by atoms with Gasteiger partial charge in [0.1, 0.15) is 0 Å². The molecule has 0 heterocycles. The van der Waals surface area contributed by atoms with Crippen LogP contribution in [0.15, 0.2) is 24.3 Å². The molecule has 0 spiro atoms. The molecule has 0 aliphatic carbocycles. The fourth-order valence-corrected chi connectivity index (χ4v) is 1.72. The molecule has 15 heavy (non-hydrogen) atoms. The van der Waals surface area contributed by atoms with E-state index in [0.29, 0.717) is 0 Å². The van der Waals surface area contributed by atoms with Gasteiger partial charge in [-0.05, 0) is 31.6 Å². The van der Waals surface area contributed by atoms with E-state index in [-0.39, 0.29) is 6.04 Å². The van der Waals surface area contributed by atoms with Crippen LogP contribution in [-0.2, 0) is 6.42 Å². The fourth-order valence-electron chi connectivity index (χ4n) is 1.72. The van der Waals surface area contributed by atoms with Gasteiger partial charge in [0.05, 0.1) is 0 Å². The highest BCUT2D eigenvalue weighted by molar-refractivity contribution is 5.25. The third-order valence-electron chi connectivity index (χ3n) is 2.51. The molecular formula is C13H22N2. The highest BCUT2D eigenvalue weighted by atomic mass is 15.1. The van der Waals surface area contributed by atoms with Gasteiger partial charge < -0.3 is 10.6 Å². The molecular weight excluding hydrogens is 184 g/mol. The van der Waals surface area contributed by atoms with E-state index in [1.807, 2.05) is 14.1 Å². The van der Waals surface area contributed by atoms with Gasteiger partial charge in [0.15, 0.2) is 0 Å². The molecule has 1 atom stereocenters. The first-order valence-electron chi connectivity index (χ1n) is 5.62. The second-order valence-corrected chi connectivity index (χ2v) is 4.36. The summed E-state index contributed by atoms with van der Waals surface area (Å²) >= 11 is 0. The summed E-state index contributed by atoms with van der Waals surface area (Å²) in [5, 5.41) is 0. The Morgan fingerprint density at radius 3 is 2.27 bits per heavy atom. The van der Waals surface area contributed by atoms with Gasteiger partial charge >= 0.3 is 0 Å². The third-order valence-corrected chi connectivity index (χ3v) is 2.51. The largest absolute Gasteiger partial charge is 0.323 e. The number of nitrogens with zero attached hydrogens (tertiary/aromatic N) is 1. The van der Waals surface area contributed by atoms with Crippen molar-refractivity contribution in [1.29, 1.82) is 0 Å². The summed E-state index contributed by atoms with van der Waals surface area (Å²) in [6.45, 7) is 3.10. The Balaban J connectivity index is 2.62. The predicted octanol–water partition coefficient (Wildman–Crippen LogP) is 2.20. The van der Waals surface area contributed by atoms with Gasteiger partial charge in [-0.2, -0.15) is 0 Å². The maximum Gasteiger partial charge on any atom is 0.0424 e. The first-order valence-corrected chi connectivity index (χ1v) is 5.62. The molecule has 0 amide bonds. The lowest BCUT2D eigenvalue weighted by molar-refractivity contribution is 0.376. The summed E-state index contributed by atoms with van der Waals surface area (Å²) in [4.78, 5) is 2.12. The van der Waals surface area contributed by atoms with E-state index in [1.165, 1.54) is 17.5 Å². The van der Waals surface area contributed by atoms with Gasteiger partial charge in [0.2, 0.25) is 0 Å². The first kappa shape index (κ1) is 12.2. The lowest BCUT2D eigenvalue weighted by Gasteiger charge is -2.17. The van der Waals surface area contributed by atoms with Crippen molar-refractivity contribution >= 4 is 0 Å². The number of aryl methyl sites for hydroxylation is 1. The summed E-state index contributed by atoms with van der Waals surface area (Å²) in [6, 6.07) is 8.80. The zero-order chi connectivity index (χ0) is 11.3. The molecule has 1 aromatic rings. The van der Waals surface area contributed by atoms with Crippen molar-refractivity contribution in [3.8, 4) is 0 Å². The van der Waals surface area contributed by atoms with Crippen molar-refractivity contribution in [3.05, 3.63) is 35.4 Å². The van der Waals surface area contributed by atoms with Crippen LogP contribution >= 0.6 is 0 Å². The van der Waals surface area contributed by atoms with Crippen molar-refractivity contribution in [2.45, 2.75) is 25.8 Å². The van der Waals surface area contributed by atoms with E-state index in [4.69, 9.17) is 5.73 Å². The summed E-state index contributed by atoms with van der Waals surface area (Å²) in [6.07, 6.45) is 2.35. The highest BCUT2D eigenvalue weighted by Gasteiger charge is 2.06. The number of hydrogen-bond donors (Lipinski definition) is 1. The second-order valence-electron chi connectivity index (χ2n) is 4.36. The SMILES string of the molecule is CCCc1ccc(C(N)CN(C)C)cc1. The smallest absolute Gasteiger partial charge is 0.0424 e. The van der Waals surface area contributed by atoms with Gasteiger partial charge in [-0.15, -0.1) is 0 Å². The second kappa shape index (κ2) is 5.89. The summed E-state index contributed by atoms with van der Waals surface area (Å²) in [5.41, 5.74) is 8.71. The van der Waals surface area contributed by atoms with E-state index in [0.717, 1.165) is 13.0 Å². The van der Waals surface area contributed by atoms with E-state index >= 15 is 0 Å². The Hall–Kier alpha value is -0.860. The highest BCUT2D eigenvalue weighted by Crippen LogP contribution is 2.13. The van der Waals surface area contributed by atoms with Crippen molar-refractivity contribution in [3.63, 3.8) is 0 Å². The standard InChI is InChI=1S/C13H22N2/c1-4-5-11-6-8-12(9-7-11)13(14)10-15(2)3/h6-9,13H,4-5,10,14H2,1-3H3. The van der Waals surface area contributed by atoms with E-state index in [9.17, 15) is 0 Å². The van der Waals surface area contributed by atoms with Gasteiger partial charge in [-0.1, -0.05) is 37.6 Å². The molecule has 1 rings (SSSR count). The molecule has 2 N–H and O–H groups in total. The molecule has 0 aliphatic heterocycles. The Morgan fingerprint density at radius 2 is 1.80 bits per heavy atom. The molecule has 2 nitrogen and oxygen atoms in total. The third kappa shape index (κ3) is 4.02. The average molecular weight is 206 g/mol. The predicted molar refractivity (Wildman–Crippen MR) is 65.9 cm³/mol. The van der Waals surface area contributed by atoms with Crippen LogP contribution in [-0.4, -0.2) is 25.5 Å². The molecule has 1 aromatic carbocycles. The van der Waals surface area contributed by atoms with Crippen LogP contribution < -0.4 is 5.73 Å². The summed E-state index contributed by atoms with van der Waals surface area (Å²) in [7, 11) is 4.09. The molecule has 0 fully saturated rings. The first-order chi connectivity index (χ1) is 7.13. The molecule has 0 bridgehead atoms. The molecule has 0 saturated heterocycles. The topological polar surface area (TPSA) is 29.3 Å². The van der Waals surface area contributed by atoms with Crippen molar-refractivity contribution < 1.29 is 0 Å². The van der Waals surface area contributed by atoms with E-state index in [2.05, 4.69) is 36.1 Å². The maximum absolute atomic E-state index is 6.08. The van der Waals surface area contributed by atoms with Crippen molar-refractivity contribution in [1.82, 2.24) is 4.90 Å². The van der Waals surface area contributed by atoms with Crippen LogP contribution in [0.4, 0.5) is 0 Å². The Kier molecular flexibility index (Phi) is 4.79. The van der Waals surface area contributed by atoms with Crippen LogP contribution in [0.25, 0.3) is 0 Å². The van der Waals surface area contributed by atoms with Crippen LogP contribution in [0.2, 0.25) is 0 Å². The number of benzene rings is 1. The van der Waals surface area contributed by atoms with Crippen LogP contribution in [0, 0.1) is 0 Å². The fraction of sp³-hybridized carbons (Fsp3) is 0.538. The molecule has 2 heteroatoms. The van der Waals surface area contributed by atoms with Gasteiger partial charge in [0.25, 0.3) is 0 Å². The molecule has 1 unspecified atom stereocenters. The van der Waals surface area contributed by atoms with Gasteiger partial charge in [0, 0.05) is 12.6 Å². The average Bonchev–Trinajstić information content (AvgIpc) is 2.18. The van der Waals surface area contributed by atoms with Crippen molar-refractivity contribution in [2.24, 2.45) is 5.73 Å². The maximum atomic E-state index is 6.08. The zero-order valence-electron chi connectivity index (χ0n) is 10.0. The minimum absolute atomic E-state index is 0.121. The van der Waals surface area contributed by atoms with Crippen LogP contribution in [0.3, 0.4) is 0 Å². The van der Waals surface area contributed by atoms with Crippen LogP contribution in [0.5, 0.6) is 0 Å². The van der Waals surface area contributed by atoms with Crippen molar-refractivity contribution in [2.75, 3.05) is 20.6 Å². The van der Waals surface area contributed by atoms with E-state index in [1.54, 1.807) is 0 Å². The normalized spacial score (nSPS) is 13.1. The Labute approximate surface area is 93.1 Å². The zero-order valence-corrected chi connectivity index (χ0v) is 10.0. The Bertz CT molecular complexity index is 277. The van der Waals surface area contributed by atoms with Crippen LogP contribution in [0.1, 0.15) is 30.5 Å². The number of hydrogen-bond acceptors (Lipinski definition) is 2. The molecule has 0 aliphatic rings. The number of likely N-dealkylation sites (N-methyl/N-ethyl adjacent to an activating group) is 1. The van der Waals surface area contributed by atoms with Gasteiger partial charge in [-0.25, -0.2) is 0 Å². The lowest BCUT2D eigenvalue weighted by atomic mass is 10.0.